The molecule has 0 saturated carbocycles. The van der Waals surface area contributed by atoms with Crippen LogP contribution in [0.1, 0.15) is 45.2 Å². The Morgan fingerprint density at radius 1 is 1.07 bits per heavy atom. The molecule has 154 valence electrons. The van der Waals surface area contributed by atoms with Gasteiger partial charge in [0.05, 0.1) is 6.54 Å². The van der Waals surface area contributed by atoms with Crippen molar-refractivity contribution in [2.45, 2.75) is 59.3 Å². The van der Waals surface area contributed by atoms with Gasteiger partial charge in [0.25, 0.3) is 0 Å². The van der Waals surface area contributed by atoms with Gasteiger partial charge in [-0.2, -0.15) is 5.10 Å². The minimum atomic E-state index is 0.573. The Balaban J connectivity index is 1.81. The summed E-state index contributed by atoms with van der Waals surface area (Å²) in [5, 5.41) is 11.2. The number of guanidine groups is 1. The average Bonchev–Trinajstić information content (AvgIpc) is 3.17. The quantitative estimate of drug-likeness (QED) is 0.375. The van der Waals surface area contributed by atoms with E-state index in [0.717, 1.165) is 38.6 Å². The van der Waals surface area contributed by atoms with Gasteiger partial charge in [0.2, 0.25) is 0 Å². The molecule has 1 aromatic carbocycles. The molecular weight excluding hydrogens is 348 g/mol. The van der Waals surface area contributed by atoms with Gasteiger partial charge in [-0.1, -0.05) is 24.3 Å². The highest BCUT2D eigenvalue weighted by Gasteiger charge is 2.12. The predicted molar refractivity (Wildman–Crippen MR) is 118 cm³/mol. The van der Waals surface area contributed by atoms with Crippen LogP contribution in [-0.2, 0) is 13.1 Å². The van der Waals surface area contributed by atoms with E-state index in [0.29, 0.717) is 12.1 Å². The molecule has 0 saturated heterocycles. The molecule has 0 aliphatic carbocycles. The van der Waals surface area contributed by atoms with Crippen molar-refractivity contribution in [1.29, 1.82) is 0 Å². The third-order valence-electron chi connectivity index (χ3n) is 4.89. The molecule has 0 aliphatic heterocycles. The first-order chi connectivity index (χ1) is 13.5. The lowest BCUT2D eigenvalue weighted by Crippen LogP contribution is -2.41. The molecule has 0 unspecified atom stereocenters. The van der Waals surface area contributed by atoms with E-state index in [1.165, 1.54) is 11.1 Å². The predicted octanol–water partition coefficient (Wildman–Crippen LogP) is 3.11. The summed E-state index contributed by atoms with van der Waals surface area (Å²) in [6.07, 6.45) is 4.89. The lowest BCUT2D eigenvalue weighted by Gasteiger charge is -2.30. The molecule has 0 aliphatic rings. The maximum atomic E-state index is 4.36. The summed E-state index contributed by atoms with van der Waals surface area (Å²) in [4.78, 5) is 6.88. The molecule has 28 heavy (non-hydrogen) atoms. The summed E-state index contributed by atoms with van der Waals surface area (Å²) in [5.41, 5.74) is 2.52. The minimum absolute atomic E-state index is 0.573. The van der Waals surface area contributed by atoms with E-state index in [1.807, 2.05) is 30.2 Å². The average molecular weight is 385 g/mol. The van der Waals surface area contributed by atoms with Gasteiger partial charge in [0.15, 0.2) is 5.96 Å². The Hall–Kier alpha value is -2.34. The highest BCUT2D eigenvalue weighted by molar-refractivity contribution is 5.79. The van der Waals surface area contributed by atoms with Crippen LogP contribution in [0.15, 0.2) is 47.7 Å². The van der Waals surface area contributed by atoms with Crippen LogP contribution in [0.3, 0.4) is 0 Å². The number of hydrogen-bond acceptors (Lipinski definition) is 3. The minimum Gasteiger partial charge on any atom is -0.356 e. The molecule has 0 radical (unpaired) electrons. The van der Waals surface area contributed by atoms with Crippen LogP contribution < -0.4 is 10.6 Å². The van der Waals surface area contributed by atoms with Crippen LogP contribution >= 0.6 is 0 Å². The molecule has 0 spiro atoms. The first-order valence-corrected chi connectivity index (χ1v) is 10.3. The van der Waals surface area contributed by atoms with E-state index < -0.39 is 0 Å². The van der Waals surface area contributed by atoms with Crippen LogP contribution in [0, 0.1) is 0 Å². The molecule has 1 aromatic heterocycles. The van der Waals surface area contributed by atoms with Crippen molar-refractivity contribution < 1.29 is 0 Å². The number of hydrogen-bond donors (Lipinski definition) is 2. The summed E-state index contributed by atoms with van der Waals surface area (Å²) in [5.74, 6) is 0.842. The number of nitrogens with zero attached hydrogens (tertiary/aromatic N) is 4. The van der Waals surface area contributed by atoms with Crippen molar-refractivity contribution in [2.75, 3.05) is 20.1 Å². The molecule has 6 nitrogen and oxygen atoms in total. The normalized spacial score (nSPS) is 12.2. The highest BCUT2D eigenvalue weighted by atomic mass is 15.3. The summed E-state index contributed by atoms with van der Waals surface area (Å²) in [6.45, 7) is 12.5. The van der Waals surface area contributed by atoms with Gasteiger partial charge in [-0.15, -0.1) is 0 Å². The summed E-state index contributed by atoms with van der Waals surface area (Å²) < 4.78 is 1.95. The highest BCUT2D eigenvalue weighted by Crippen LogP contribution is 2.10. The molecule has 2 rings (SSSR count). The van der Waals surface area contributed by atoms with Crippen LogP contribution in [0.5, 0.6) is 0 Å². The second kappa shape index (κ2) is 11.5. The zero-order chi connectivity index (χ0) is 20.4. The topological polar surface area (TPSA) is 57.5 Å². The number of nitrogens with one attached hydrogen (secondary N) is 2. The van der Waals surface area contributed by atoms with Gasteiger partial charge in [0, 0.05) is 51.2 Å². The second-order valence-electron chi connectivity index (χ2n) is 7.60. The zero-order valence-corrected chi connectivity index (χ0v) is 18.0. The maximum Gasteiger partial charge on any atom is 0.191 e. The number of aromatic nitrogens is 2. The number of aliphatic imine (C=N–C) groups is 1. The van der Waals surface area contributed by atoms with Crippen LogP contribution in [0.2, 0.25) is 0 Å². The van der Waals surface area contributed by atoms with E-state index in [-0.39, 0.29) is 0 Å². The third-order valence-corrected chi connectivity index (χ3v) is 4.89. The van der Waals surface area contributed by atoms with E-state index in [2.05, 4.69) is 77.6 Å². The number of rotatable bonds is 10. The van der Waals surface area contributed by atoms with Crippen LogP contribution in [0.4, 0.5) is 0 Å². The van der Waals surface area contributed by atoms with Crippen LogP contribution in [-0.4, -0.2) is 52.9 Å². The molecular formula is C22H36N6. The fourth-order valence-corrected chi connectivity index (χ4v) is 3.43. The Bertz CT molecular complexity index is 698. The SMILES string of the molecule is CN=C(NCCCN(C(C)C)C(C)C)NCc1ccccc1Cn1cccn1. The first-order valence-electron chi connectivity index (χ1n) is 10.3. The van der Waals surface area contributed by atoms with E-state index in [1.54, 1.807) is 0 Å². The lowest BCUT2D eigenvalue weighted by molar-refractivity contribution is 0.173. The Morgan fingerprint density at radius 3 is 2.39 bits per heavy atom. The van der Waals surface area contributed by atoms with Crippen molar-refractivity contribution in [3.8, 4) is 0 Å². The third kappa shape index (κ3) is 7.00. The smallest absolute Gasteiger partial charge is 0.191 e. The van der Waals surface area contributed by atoms with Crippen molar-refractivity contribution in [3.05, 3.63) is 53.9 Å². The van der Waals surface area contributed by atoms with Crippen molar-refractivity contribution in [3.63, 3.8) is 0 Å². The molecule has 2 aromatic rings. The van der Waals surface area contributed by atoms with Gasteiger partial charge < -0.3 is 10.6 Å². The fraction of sp³-hybridized carbons (Fsp3) is 0.545. The van der Waals surface area contributed by atoms with Gasteiger partial charge >= 0.3 is 0 Å². The zero-order valence-electron chi connectivity index (χ0n) is 18.0. The fourth-order valence-electron chi connectivity index (χ4n) is 3.43. The summed E-state index contributed by atoms with van der Waals surface area (Å²) in [6, 6.07) is 11.6. The molecule has 0 fully saturated rings. The molecule has 0 atom stereocenters. The van der Waals surface area contributed by atoms with Crippen molar-refractivity contribution in [2.24, 2.45) is 4.99 Å². The standard InChI is InChI=1S/C22H36N6/c1-18(2)28(19(3)4)15-8-12-24-22(23-5)25-16-20-10-6-7-11-21(20)17-27-14-9-13-26-27/h6-7,9-11,13-14,18-19H,8,12,15-17H2,1-5H3,(H2,23,24,25). The van der Waals surface area contributed by atoms with Crippen molar-refractivity contribution >= 4 is 5.96 Å². The van der Waals surface area contributed by atoms with E-state index in [9.17, 15) is 0 Å². The Labute approximate surface area is 170 Å². The molecule has 6 heteroatoms. The van der Waals surface area contributed by atoms with Gasteiger partial charge in [-0.05, 0) is 51.3 Å². The van der Waals surface area contributed by atoms with E-state index in [4.69, 9.17) is 0 Å². The Kier molecular flexibility index (Phi) is 9.01. The lowest BCUT2D eigenvalue weighted by atomic mass is 10.1. The molecule has 1 heterocycles. The monoisotopic (exact) mass is 384 g/mol. The summed E-state index contributed by atoms with van der Waals surface area (Å²) in [7, 11) is 1.82. The van der Waals surface area contributed by atoms with Crippen molar-refractivity contribution in [1.82, 2.24) is 25.3 Å². The largest absolute Gasteiger partial charge is 0.356 e. The van der Waals surface area contributed by atoms with E-state index >= 15 is 0 Å². The van der Waals surface area contributed by atoms with Crippen LogP contribution in [0.25, 0.3) is 0 Å². The Morgan fingerprint density at radius 2 is 1.79 bits per heavy atom. The van der Waals surface area contributed by atoms with Gasteiger partial charge in [-0.3, -0.25) is 14.6 Å². The van der Waals surface area contributed by atoms with Gasteiger partial charge in [0.1, 0.15) is 0 Å². The molecule has 0 bridgehead atoms. The first kappa shape index (κ1) is 22.0. The maximum absolute atomic E-state index is 4.36. The molecule has 0 amide bonds. The summed E-state index contributed by atoms with van der Waals surface area (Å²) >= 11 is 0. The second-order valence-corrected chi connectivity index (χ2v) is 7.60. The van der Waals surface area contributed by atoms with Gasteiger partial charge in [-0.25, -0.2) is 0 Å². The molecule has 2 N–H and O–H groups in total. The number of benzene rings is 1.